The topological polar surface area (TPSA) is 182 Å². The zero-order valence-electron chi connectivity index (χ0n) is 17.6. The van der Waals surface area contributed by atoms with Gasteiger partial charge < -0.3 is 31.3 Å². The molecule has 0 aromatic heterocycles. The van der Waals surface area contributed by atoms with E-state index in [2.05, 4.69) is 0 Å². The average Bonchev–Trinajstić information content (AvgIpc) is 2.70. The standard InChI is InChI=1S/C22H24N2O8/c1-7-8-5-4-6-9(25)11(8)16(26)12-10(7)17(27)14-15(24(2)3)18(28)13(21(23)31)20(30)22(14,32)19(12)29/h4-7,10,14-15,17,25,27-29,32H,1-3H3,(H2,23,31)/t7-,10-,14-,15-,17-,22-/m0/s1. The first-order valence-electron chi connectivity index (χ1n) is 10.0. The number of aliphatic hydroxyl groups is 4. The Balaban J connectivity index is 2.06. The molecule has 1 amide bonds. The molecule has 0 unspecified atom stereocenters. The number of nitrogens with two attached hydrogens (primary N) is 1. The minimum Gasteiger partial charge on any atom is -0.510 e. The fourth-order valence-corrected chi connectivity index (χ4v) is 5.58. The van der Waals surface area contributed by atoms with Crippen LogP contribution in [0.1, 0.15) is 28.8 Å². The maximum absolute atomic E-state index is 13.3. The Morgan fingerprint density at radius 1 is 1.16 bits per heavy atom. The lowest BCUT2D eigenvalue weighted by atomic mass is 9.55. The highest BCUT2D eigenvalue weighted by molar-refractivity contribution is 6.25. The van der Waals surface area contributed by atoms with Gasteiger partial charge in [-0.15, -0.1) is 0 Å². The highest BCUT2D eigenvalue weighted by Gasteiger charge is 2.67. The van der Waals surface area contributed by atoms with Gasteiger partial charge in [0.2, 0.25) is 5.78 Å². The van der Waals surface area contributed by atoms with Gasteiger partial charge >= 0.3 is 0 Å². The fourth-order valence-electron chi connectivity index (χ4n) is 5.58. The monoisotopic (exact) mass is 444 g/mol. The molecule has 170 valence electrons. The first kappa shape index (κ1) is 22.0. The number of rotatable bonds is 2. The third-order valence-electron chi connectivity index (χ3n) is 7.00. The Hall–Kier alpha value is -3.21. The van der Waals surface area contributed by atoms with Crippen LogP contribution in [-0.4, -0.2) is 79.7 Å². The molecule has 3 aliphatic rings. The number of nitrogens with zero attached hydrogens (tertiary/aromatic N) is 1. The maximum atomic E-state index is 13.3. The lowest BCUT2D eigenvalue weighted by Crippen LogP contribution is -2.68. The first-order chi connectivity index (χ1) is 14.9. The summed E-state index contributed by atoms with van der Waals surface area (Å²) in [5, 5.41) is 55.0. The SMILES string of the molecule is C[C@H]1c2cccc(O)c2C(=O)C2=C(O)[C@]3(O)C(=O)C(C(N)=O)=C(O)[C@@H](N(C)C)[C@H]3[C@@H](O)[C@H]21. The van der Waals surface area contributed by atoms with Crippen molar-refractivity contribution in [3.63, 3.8) is 0 Å². The summed E-state index contributed by atoms with van der Waals surface area (Å²) in [6, 6.07) is 3.17. The van der Waals surface area contributed by atoms with Crippen LogP contribution in [0.2, 0.25) is 0 Å². The molecule has 7 N–H and O–H groups in total. The summed E-state index contributed by atoms with van der Waals surface area (Å²) in [6.07, 6.45) is -1.59. The largest absolute Gasteiger partial charge is 0.510 e. The molecule has 0 spiro atoms. The van der Waals surface area contributed by atoms with Gasteiger partial charge in [-0.05, 0) is 31.6 Å². The summed E-state index contributed by atoms with van der Waals surface area (Å²) < 4.78 is 0. The lowest BCUT2D eigenvalue weighted by Gasteiger charge is -2.53. The van der Waals surface area contributed by atoms with Crippen molar-refractivity contribution >= 4 is 17.5 Å². The average molecular weight is 444 g/mol. The molecular formula is C22H24N2O8. The van der Waals surface area contributed by atoms with E-state index in [1.807, 2.05) is 0 Å². The Kier molecular flexibility index (Phi) is 4.74. The van der Waals surface area contributed by atoms with E-state index in [1.165, 1.54) is 25.1 Å². The van der Waals surface area contributed by atoms with Gasteiger partial charge in [-0.1, -0.05) is 19.1 Å². The normalized spacial score (nSPS) is 34.4. The molecule has 1 aromatic carbocycles. The van der Waals surface area contributed by atoms with E-state index in [0.29, 0.717) is 5.56 Å². The summed E-state index contributed by atoms with van der Waals surface area (Å²) in [5.41, 5.74) is 1.36. The smallest absolute Gasteiger partial charge is 0.255 e. The van der Waals surface area contributed by atoms with Gasteiger partial charge in [0.15, 0.2) is 11.4 Å². The van der Waals surface area contributed by atoms with Crippen LogP contribution in [0.4, 0.5) is 0 Å². The van der Waals surface area contributed by atoms with E-state index >= 15 is 0 Å². The summed E-state index contributed by atoms with van der Waals surface area (Å²) in [7, 11) is 2.98. The summed E-state index contributed by atoms with van der Waals surface area (Å²) in [4.78, 5) is 39.8. The quantitative estimate of drug-likeness (QED) is 0.332. The third kappa shape index (κ3) is 2.48. The fraction of sp³-hybridized carbons (Fsp3) is 0.409. The number of likely N-dealkylation sites (N-methyl/N-ethyl adjacent to an activating group) is 1. The molecule has 0 heterocycles. The van der Waals surface area contributed by atoms with Crippen LogP contribution in [0.15, 0.2) is 40.9 Å². The van der Waals surface area contributed by atoms with Crippen molar-refractivity contribution in [3.8, 4) is 5.75 Å². The number of phenolic OH excluding ortho intramolecular Hbond substituents is 1. The second-order valence-electron chi connectivity index (χ2n) is 8.79. The van der Waals surface area contributed by atoms with E-state index in [1.54, 1.807) is 19.1 Å². The van der Waals surface area contributed by atoms with Crippen LogP contribution in [0.5, 0.6) is 5.75 Å². The molecule has 32 heavy (non-hydrogen) atoms. The number of aliphatic hydroxyl groups excluding tert-OH is 3. The van der Waals surface area contributed by atoms with E-state index < -0.39 is 75.6 Å². The number of ketones is 2. The number of carbonyl (C=O) groups is 3. The van der Waals surface area contributed by atoms with Crippen LogP contribution in [0, 0.1) is 11.8 Å². The Morgan fingerprint density at radius 3 is 2.34 bits per heavy atom. The predicted molar refractivity (Wildman–Crippen MR) is 110 cm³/mol. The van der Waals surface area contributed by atoms with Gasteiger partial charge in [-0.3, -0.25) is 19.3 Å². The molecule has 0 fully saturated rings. The molecule has 0 bridgehead atoms. The highest BCUT2D eigenvalue weighted by atomic mass is 16.4. The number of phenols is 1. The van der Waals surface area contributed by atoms with E-state index in [9.17, 15) is 39.9 Å². The third-order valence-corrected chi connectivity index (χ3v) is 7.00. The van der Waals surface area contributed by atoms with Crippen LogP contribution < -0.4 is 5.73 Å². The van der Waals surface area contributed by atoms with Gasteiger partial charge in [0.25, 0.3) is 5.91 Å². The van der Waals surface area contributed by atoms with Crippen molar-refractivity contribution in [2.75, 3.05) is 14.1 Å². The number of aromatic hydroxyl groups is 1. The van der Waals surface area contributed by atoms with Gasteiger partial charge in [0.1, 0.15) is 22.8 Å². The molecule has 10 heteroatoms. The van der Waals surface area contributed by atoms with Gasteiger partial charge in [-0.25, -0.2) is 0 Å². The zero-order valence-corrected chi connectivity index (χ0v) is 17.6. The number of amides is 1. The molecule has 0 aliphatic heterocycles. The molecular weight excluding hydrogens is 420 g/mol. The number of primary amides is 1. The second-order valence-corrected chi connectivity index (χ2v) is 8.79. The predicted octanol–water partition coefficient (Wildman–Crippen LogP) is -0.348. The van der Waals surface area contributed by atoms with Crippen LogP contribution >= 0.6 is 0 Å². The molecule has 1 aromatic rings. The van der Waals surface area contributed by atoms with Crippen LogP contribution in [0.3, 0.4) is 0 Å². The number of benzene rings is 1. The second kappa shape index (κ2) is 6.89. The van der Waals surface area contributed by atoms with Gasteiger partial charge in [0.05, 0.1) is 23.6 Å². The van der Waals surface area contributed by atoms with Crippen molar-refractivity contribution < 1.29 is 39.9 Å². The van der Waals surface area contributed by atoms with Crippen molar-refractivity contribution in [2.45, 2.75) is 30.6 Å². The number of carbonyl (C=O) groups excluding carboxylic acids is 3. The van der Waals surface area contributed by atoms with Crippen molar-refractivity contribution in [2.24, 2.45) is 17.6 Å². The number of hydrogen-bond donors (Lipinski definition) is 6. The molecule has 4 rings (SSSR count). The van der Waals surface area contributed by atoms with E-state index in [0.717, 1.165) is 0 Å². The maximum Gasteiger partial charge on any atom is 0.255 e. The van der Waals surface area contributed by atoms with Crippen molar-refractivity contribution in [1.29, 1.82) is 0 Å². The van der Waals surface area contributed by atoms with Crippen LogP contribution in [0.25, 0.3) is 0 Å². The summed E-state index contributed by atoms with van der Waals surface area (Å²) in [5.74, 6) is -8.86. The summed E-state index contributed by atoms with van der Waals surface area (Å²) >= 11 is 0. The zero-order chi connectivity index (χ0) is 23.9. The highest BCUT2D eigenvalue weighted by Crippen LogP contribution is 2.55. The molecule has 0 radical (unpaired) electrons. The molecule has 3 aliphatic carbocycles. The lowest BCUT2D eigenvalue weighted by molar-refractivity contribution is -0.162. The van der Waals surface area contributed by atoms with Crippen LogP contribution in [-0.2, 0) is 9.59 Å². The van der Waals surface area contributed by atoms with Crippen molar-refractivity contribution in [1.82, 2.24) is 4.90 Å². The van der Waals surface area contributed by atoms with E-state index in [-0.39, 0.29) is 11.3 Å². The number of Topliss-reactive ketones (excluding diaryl/α,β-unsaturated/α-hetero) is 2. The molecule has 0 saturated heterocycles. The number of fused-ring (bicyclic) bond motifs is 3. The molecule has 6 atom stereocenters. The number of hydrogen-bond acceptors (Lipinski definition) is 9. The first-order valence-corrected chi connectivity index (χ1v) is 10.0. The van der Waals surface area contributed by atoms with Gasteiger partial charge in [-0.2, -0.15) is 0 Å². The Morgan fingerprint density at radius 2 is 1.78 bits per heavy atom. The van der Waals surface area contributed by atoms with E-state index in [4.69, 9.17) is 5.73 Å². The summed E-state index contributed by atoms with van der Waals surface area (Å²) in [6.45, 7) is 1.68. The minimum atomic E-state index is -2.89. The van der Waals surface area contributed by atoms with Crippen molar-refractivity contribution in [3.05, 3.63) is 52.0 Å². The minimum absolute atomic E-state index is 0.104. The Labute approximate surface area is 182 Å². The molecule has 10 nitrogen and oxygen atoms in total. The Bertz CT molecular complexity index is 1140. The molecule has 0 saturated carbocycles. The van der Waals surface area contributed by atoms with Gasteiger partial charge in [0, 0.05) is 11.5 Å².